The van der Waals surface area contributed by atoms with Crippen LogP contribution in [0.1, 0.15) is 6.92 Å². The first-order valence-electron chi connectivity index (χ1n) is 1.72. The number of rotatable bonds is 0. The van der Waals surface area contributed by atoms with Gasteiger partial charge in [-0.1, -0.05) is 0 Å². The van der Waals surface area contributed by atoms with Gasteiger partial charge in [-0.05, 0) is 6.92 Å². The molecule has 0 aromatic rings. The predicted molar refractivity (Wildman–Crippen MR) is 26.9 cm³/mol. The summed E-state index contributed by atoms with van der Waals surface area (Å²) in [7, 11) is -4.67. The van der Waals surface area contributed by atoms with Crippen molar-refractivity contribution in [3.05, 3.63) is 0 Å². The van der Waals surface area contributed by atoms with Crippen LogP contribution >= 0.6 is 0 Å². The molecule has 3 N–H and O–H groups in total. The average molecular weight is 257 g/mol. The fourth-order valence-corrected chi connectivity index (χ4v) is 0. The molecule has 0 heterocycles. The fourth-order valence-electron chi connectivity index (χ4n) is 0. The van der Waals surface area contributed by atoms with Gasteiger partial charge in [-0.3, -0.25) is 9.11 Å². The van der Waals surface area contributed by atoms with Crippen LogP contribution in [0.2, 0.25) is 0 Å². The van der Waals surface area contributed by atoms with Crippen molar-refractivity contribution in [2.75, 3.05) is 6.61 Å². The van der Waals surface area contributed by atoms with Crippen molar-refractivity contribution in [1.82, 2.24) is 0 Å². The van der Waals surface area contributed by atoms with E-state index >= 15 is 0 Å². The van der Waals surface area contributed by atoms with E-state index in [1.54, 1.807) is 6.92 Å². The molecule has 54 valence electrons. The molecular weight excluding hydrogens is 248 g/mol. The summed E-state index contributed by atoms with van der Waals surface area (Å²) < 4.78 is 31.6. The van der Waals surface area contributed by atoms with Crippen molar-refractivity contribution < 1.29 is 49.9 Å². The number of hydrogen-bond donors (Lipinski definition) is 3. The zero-order valence-corrected chi connectivity index (χ0v) is 9.83. The van der Waals surface area contributed by atoms with Crippen LogP contribution in [-0.4, -0.2) is 29.2 Å². The van der Waals surface area contributed by atoms with E-state index in [9.17, 15) is 0 Å². The summed E-state index contributed by atoms with van der Waals surface area (Å²) >= 11 is 0. The molecule has 0 saturated heterocycles. The molecule has 9 heavy (non-hydrogen) atoms. The first-order valence-corrected chi connectivity index (χ1v) is 3.12. The van der Waals surface area contributed by atoms with Crippen molar-refractivity contribution >= 4 is 10.4 Å². The zero-order valence-electron chi connectivity index (χ0n) is 4.98. The summed E-state index contributed by atoms with van der Waals surface area (Å²) in [5.41, 5.74) is 0. The van der Waals surface area contributed by atoms with Gasteiger partial charge in [0.2, 0.25) is 0 Å². The van der Waals surface area contributed by atoms with E-state index in [2.05, 4.69) is 0 Å². The molecule has 7 heteroatoms. The standard InChI is InChI=1S/C2H6O.Cd.H2O4S/c1-2-3;;1-5(2,3)4/h3H,2H2,1H3;;(H2,1,2,3,4). The first kappa shape index (κ1) is 16.4. The molecule has 0 radical (unpaired) electrons. The Morgan fingerprint density at radius 3 is 1.33 bits per heavy atom. The number of hydrogen-bond acceptors (Lipinski definition) is 3. The second-order valence-electron chi connectivity index (χ2n) is 0.764. The Labute approximate surface area is 73.8 Å². The Morgan fingerprint density at radius 2 is 1.33 bits per heavy atom. The van der Waals surface area contributed by atoms with Crippen LogP contribution in [0.15, 0.2) is 0 Å². The molecule has 0 aliphatic heterocycles. The first-order chi connectivity index (χ1) is 3.41. The van der Waals surface area contributed by atoms with Crippen molar-refractivity contribution in [3.63, 3.8) is 0 Å². The van der Waals surface area contributed by atoms with Gasteiger partial charge in [0.05, 0.1) is 0 Å². The van der Waals surface area contributed by atoms with Crippen LogP contribution in [0, 0.1) is 0 Å². The van der Waals surface area contributed by atoms with Crippen molar-refractivity contribution in [1.29, 1.82) is 0 Å². The monoisotopic (exact) mass is 258 g/mol. The van der Waals surface area contributed by atoms with Gasteiger partial charge < -0.3 is 5.11 Å². The number of aliphatic hydroxyl groups excluding tert-OH is 1. The van der Waals surface area contributed by atoms with Crippen LogP contribution in [0.25, 0.3) is 0 Å². The maximum Gasteiger partial charge on any atom is 0.394 e. The van der Waals surface area contributed by atoms with Gasteiger partial charge in [-0.2, -0.15) is 8.42 Å². The van der Waals surface area contributed by atoms with E-state index in [4.69, 9.17) is 22.6 Å². The molecule has 0 fully saturated rings. The second-order valence-corrected chi connectivity index (χ2v) is 1.66. The molecule has 0 unspecified atom stereocenters. The molecule has 0 atom stereocenters. The van der Waals surface area contributed by atoms with Gasteiger partial charge in [-0.15, -0.1) is 0 Å². The molecule has 0 aliphatic carbocycles. The molecule has 0 aliphatic rings. The summed E-state index contributed by atoms with van der Waals surface area (Å²) in [6.45, 7) is 1.93. The van der Waals surface area contributed by atoms with E-state index in [1.807, 2.05) is 0 Å². The van der Waals surface area contributed by atoms with Gasteiger partial charge in [0, 0.05) is 33.9 Å². The third-order valence-electron chi connectivity index (χ3n) is 0. The Bertz CT molecular complexity index is 109. The molecule has 5 nitrogen and oxygen atoms in total. The summed E-state index contributed by atoms with van der Waals surface area (Å²) in [6, 6.07) is 0. The van der Waals surface area contributed by atoms with E-state index in [1.165, 1.54) is 0 Å². The maximum atomic E-state index is 8.74. The molecule has 0 rings (SSSR count). The van der Waals surface area contributed by atoms with E-state index in [0.717, 1.165) is 0 Å². The van der Waals surface area contributed by atoms with E-state index in [-0.39, 0.29) is 33.9 Å². The van der Waals surface area contributed by atoms with E-state index in [0.29, 0.717) is 0 Å². The molecular formula is C2H8CdO5S. The minimum absolute atomic E-state index is 0. The van der Waals surface area contributed by atoms with E-state index < -0.39 is 10.4 Å². The third-order valence-corrected chi connectivity index (χ3v) is 0. The number of aliphatic hydroxyl groups is 1. The predicted octanol–water partition coefficient (Wildman–Crippen LogP) is -0.657. The molecule has 0 aromatic carbocycles. The zero-order chi connectivity index (χ0) is 7.21. The Morgan fingerprint density at radius 1 is 1.33 bits per heavy atom. The molecule has 0 amide bonds. The summed E-state index contributed by atoms with van der Waals surface area (Å²) in [5, 5.41) is 7.57. The van der Waals surface area contributed by atoms with Gasteiger partial charge in [0.1, 0.15) is 0 Å². The third kappa shape index (κ3) is 705. The SMILES string of the molecule is CCO.O=S(=O)(O)O.[Cd]. The van der Waals surface area contributed by atoms with Gasteiger partial charge in [0.15, 0.2) is 0 Å². The minimum Gasteiger partial charge on any atom is -0.397 e. The largest absolute Gasteiger partial charge is 0.397 e. The average Bonchev–Trinajstić information content (AvgIpc) is 1.27. The smallest absolute Gasteiger partial charge is 0.394 e. The summed E-state index contributed by atoms with van der Waals surface area (Å²) in [4.78, 5) is 0. The van der Waals surface area contributed by atoms with Crippen molar-refractivity contribution in [2.45, 2.75) is 6.92 Å². The second kappa shape index (κ2) is 8.75. The van der Waals surface area contributed by atoms with Crippen molar-refractivity contribution in [2.24, 2.45) is 0 Å². The Balaban J connectivity index is -0.0000000800. The Kier molecular flexibility index (Phi) is 15.9. The molecule has 0 aromatic heterocycles. The van der Waals surface area contributed by atoms with Crippen molar-refractivity contribution in [3.8, 4) is 0 Å². The normalized spacial score (nSPS) is 8.44. The van der Waals surface area contributed by atoms with Crippen LogP contribution < -0.4 is 0 Å². The molecule has 0 spiro atoms. The van der Waals surface area contributed by atoms with Gasteiger partial charge in [0.25, 0.3) is 0 Å². The molecule has 0 bridgehead atoms. The molecule has 0 saturated carbocycles. The van der Waals surface area contributed by atoms with Crippen LogP contribution in [0.4, 0.5) is 0 Å². The fraction of sp³-hybridized carbons (Fsp3) is 1.00. The summed E-state index contributed by atoms with van der Waals surface area (Å²) in [5.74, 6) is 0. The quantitative estimate of drug-likeness (QED) is 0.395. The van der Waals surface area contributed by atoms with Crippen LogP contribution in [-0.2, 0) is 37.7 Å². The van der Waals surface area contributed by atoms with Crippen LogP contribution in [0.5, 0.6) is 0 Å². The van der Waals surface area contributed by atoms with Gasteiger partial charge in [-0.25, -0.2) is 0 Å². The topological polar surface area (TPSA) is 94.8 Å². The van der Waals surface area contributed by atoms with Crippen LogP contribution in [0.3, 0.4) is 0 Å². The Hall–Kier alpha value is 0.752. The summed E-state index contributed by atoms with van der Waals surface area (Å²) in [6.07, 6.45) is 0. The maximum absolute atomic E-state index is 8.74. The minimum atomic E-state index is -4.67. The van der Waals surface area contributed by atoms with Gasteiger partial charge >= 0.3 is 10.4 Å².